The molecular weight excluding hydrogens is 252 g/mol. The number of benzene rings is 2. The maximum atomic E-state index is 11.3. The first kappa shape index (κ1) is 14.0. The Morgan fingerprint density at radius 1 is 1.00 bits per heavy atom. The molecule has 0 aromatic heterocycles. The standard InChI is InChI=1S/C17H16O3/c18-11-5-10-17(19)20-13-14-6-4-9-16(12-14)15-7-2-1-3-8-15/h1-4,6-9,11-12H,5,10,13H2. The van der Waals surface area contributed by atoms with Crippen LogP contribution in [-0.2, 0) is 20.9 Å². The number of ether oxygens (including phenoxy) is 1. The molecule has 0 fully saturated rings. The van der Waals surface area contributed by atoms with Gasteiger partial charge in [0.2, 0.25) is 0 Å². The van der Waals surface area contributed by atoms with Crippen molar-refractivity contribution in [3.05, 3.63) is 60.2 Å². The van der Waals surface area contributed by atoms with E-state index in [1.807, 2.05) is 54.6 Å². The number of carbonyl (C=O) groups is 2. The van der Waals surface area contributed by atoms with E-state index in [0.717, 1.165) is 23.0 Å². The predicted molar refractivity (Wildman–Crippen MR) is 77.0 cm³/mol. The maximum absolute atomic E-state index is 11.3. The van der Waals surface area contributed by atoms with Crippen molar-refractivity contribution in [1.29, 1.82) is 0 Å². The fourth-order valence-corrected chi connectivity index (χ4v) is 1.88. The molecule has 0 aliphatic heterocycles. The van der Waals surface area contributed by atoms with E-state index in [1.54, 1.807) is 0 Å². The second-order valence-electron chi connectivity index (χ2n) is 4.43. The summed E-state index contributed by atoms with van der Waals surface area (Å²) in [7, 11) is 0. The van der Waals surface area contributed by atoms with E-state index >= 15 is 0 Å². The topological polar surface area (TPSA) is 43.4 Å². The van der Waals surface area contributed by atoms with Crippen molar-refractivity contribution in [2.24, 2.45) is 0 Å². The lowest BCUT2D eigenvalue weighted by Gasteiger charge is -2.06. The molecule has 102 valence electrons. The van der Waals surface area contributed by atoms with Gasteiger partial charge in [-0.05, 0) is 22.8 Å². The van der Waals surface area contributed by atoms with E-state index in [-0.39, 0.29) is 25.4 Å². The van der Waals surface area contributed by atoms with Gasteiger partial charge in [0.1, 0.15) is 12.9 Å². The van der Waals surface area contributed by atoms with Crippen LogP contribution in [0.1, 0.15) is 18.4 Å². The molecule has 3 heteroatoms. The van der Waals surface area contributed by atoms with Gasteiger partial charge in [0.25, 0.3) is 0 Å². The summed E-state index contributed by atoms with van der Waals surface area (Å²) >= 11 is 0. The van der Waals surface area contributed by atoms with E-state index in [4.69, 9.17) is 4.74 Å². The molecule has 0 unspecified atom stereocenters. The Labute approximate surface area is 118 Å². The molecule has 0 amide bonds. The second kappa shape index (κ2) is 7.24. The molecule has 0 bridgehead atoms. The Bertz CT molecular complexity index is 576. The van der Waals surface area contributed by atoms with Gasteiger partial charge in [-0.15, -0.1) is 0 Å². The minimum Gasteiger partial charge on any atom is -0.461 e. The van der Waals surface area contributed by atoms with Gasteiger partial charge in [-0.1, -0.05) is 48.5 Å². The molecule has 0 aliphatic carbocycles. The van der Waals surface area contributed by atoms with Crippen LogP contribution in [0, 0.1) is 0 Å². The summed E-state index contributed by atoms with van der Waals surface area (Å²) in [4.78, 5) is 21.5. The quantitative estimate of drug-likeness (QED) is 0.596. The van der Waals surface area contributed by atoms with Crippen LogP contribution in [0.25, 0.3) is 11.1 Å². The highest BCUT2D eigenvalue weighted by Crippen LogP contribution is 2.20. The van der Waals surface area contributed by atoms with E-state index in [9.17, 15) is 9.59 Å². The molecule has 0 atom stereocenters. The van der Waals surface area contributed by atoms with Crippen molar-refractivity contribution in [3.63, 3.8) is 0 Å². The largest absolute Gasteiger partial charge is 0.461 e. The molecule has 2 aromatic carbocycles. The van der Waals surface area contributed by atoms with Gasteiger partial charge < -0.3 is 9.53 Å². The molecule has 0 saturated heterocycles. The normalized spacial score (nSPS) is 10.0. The summed E-state index contributed by atoms with van der Waals surface area (Å²) in [5, 5.41) is 0. The van der Waals surface area contributed by atoms with Crippen LogP contribution in [0.3, 0.4) is 0 Å². The van der Waals surface area contributed by atoms with E-state index in [1.165, 1.54) is 0 Å². The third-order valence-electron chi connectivity index (χ3n) is 2.90. The molecule has 0 heterocycles. The highest BCUT2D eigenvalue weighted by Gasteiger charge is 2.04. The Morgan fingerprint density at radius 3 is 2.50 bits per heavy atom. The van der Waals surface area contributed by atoms with Crippen LogP contribution < -0.4 is 0 Å². The Hall–Kier alpha value is -2.42. The average Bonchev–Trinajstić information content (AvgIpc) is 2.52. The first-order valence-electron chi connectivity index (χ1n) is 6.53. The molecule has 3 nitrogen and oxygen atoms in total. The van der Waals surface area contributed by atoms with Crippen molar-refractivity contribution in [2.75, 3.05) is 0 Å². The van der Waals surface area contributed by atoms with Gasteiger partial charge in [0.05, 0.1) is 6.42 Å². The van der Waals surface area contributed by atoms with Gasteiger partial charge >= 0.3 is 5.97 Å². The number of hydrogen-bond acceptors (Lipinski definition) is 3. The molecule has 2 aromatic rings. The average molecular weight is 268 g/mol. The highest BCUT2D eigenvalue weighted by molar-refractivity contribution is 5.72. The Balaban J connectivity index is 2.00. The third-order valence-corrected chi connectivity index (χ3v) is 2.90. The maximum Gasteiger partial charge on any atom is 0.306 e. The number of esters is 1. The zero-order valence-electron chi connectivity index (χ0n) is 11.1. The minimum absolute atomic E-state index is 0.141. The highest BCUT2D eigenvalue weighted by atomic mass is 16.5. The Kier molecular flexibility index (Phi) is 5.07. The number of rotatable bonds is 6. The van der Waals surface area contributed by atoms with Crippen molar-refractivity contribution >= 4 is 12.3 Å². The summed E-state index contributed by atoms with van der Waals surface area (Å²) in [6, 6.07) is 17.9. The van der Waals surface area contributed by atoms with Gasteiger partial charge in [-0.25, -0.2) is 0 Å². The zero-order valence-corrected chi connectivity index (χ0v) is 11.1. The lowest BCUT2D eigenvalue weighted by Crippen LogP contribution is -2.04. The molecular formula is C17H16O3. The summed E-state index contributed by atoms with van der Waals surface area (Å²) in [6.07, 6.45) is 1.07. The van der Waals surface area contributed by atoms with Crippen molar-refractivity contribution in [3.8, 4) is 11.1 Å². The number of carbonyl (C=O) groups excluding carboxylic acids is 2. The van der Waals surface area contributed by atoms with Gasteiger partial charge in [0.15, 0.2) is 0 Å². The zero-order chi connectivity index (χ0) is 14.2. The van der Waals surface area contributed by atoms with Crippen LogP contribution in [-0.4, -0.2) is 12.3 Å². The van der Waals surface area contributed by atoms with Crippen molar-refractivity contribution in [2.45, 2.75) is 19.4 Å². The smallest absolute Gasteiger partial charge is 0.306 e. The lowest BCUT2D eigenvalue weighted by atomic mass is 10.0. The van der Waals surface area contributed by atoms with Crippen LogP contribution in [0.2, 0.25) is 0 Å². The van der Waals surface area contributed by atoms with Gasteiger partial charge in [-0.2, -0.15) is 0 Å². The van der Waals surface area contributed by atoms with Crippen LogP contribution in [0.5, 0.6) is 0 Å². The number of aldehydes is 1. The molecule has 2 rings (SSSR count). The summed E-state index contributed by atoms with van der Waals surface area (Å²) in [5.41, 5.74) is 3.15. The summed E-state index contributed by atoms with van der Waals surface area (Å²) in [6.45, 7) is 0.234. The van der Waals surface area contributed by atoms with Crippen LogP contribution in [0.4, 0.5) is 0 Å². The fraction of sp³-hybridized carbons (Fsp3) is 0.176. The summed E-state index contributed by atoms with van der Waals surface area (Å²) in [5.74, 6) is -0.345. The molecule has 20 heavy (non-hydrogen) atoms. The van der Waals surface area contributed by atoms with Crippen LogP contribution in [0.15, 0.2) is 54.6 Å². The van der Waals surface area contributed by atoms with Gasteiger partial charge in [-0.3, -0.25) is 4.79 Å². The minimum atomic E-state index is -0.345. The Morgan fingerprint density at radius 2 is 1.75 bits per heavy atom. The summed E-state index contributed by atoms with van der Waals surface area (Å²) < 4.78 is 5.12. The van der Waals surface area contributed by atoms with Gasteiger partial charge in [0, 0.05) is 6.42 Å². The molecule has 0 aliphatic rings. The first-order chi connectivity index (χ1) is 9.79. The predicted octanol–water partition coefficient (Wildman–Crippen LogP) is 3.38. The van der Waals surface area contributed by atoms with E-state index in [2.05, 4.69) is 0 Å². The van der Waals surface area contributed by atoms with E-state index in [0.29, 0.717) is 0 Å². The third kappa shape index (κ3) is 4.05. The lowest BCUT2D eigenvalue weighted by molar-refractivity contribution is -0.145. The molecule has 0 saturated carbocycles. The SMILES string of the molecule is O=CCCC(=O)OCc1cccc(-c2ccccc2)c1. The monoisotopic (exact) mass is 268 g/mol. The molecule has 0 radical (unpaired) electrons. The fourth-order valence-electron chi connectivity index (χ4n) is 1.88. The first-order valence-corrected chi connectivity index (χ1v) is 6.53. The second-order valence-corrected chi connectivity index (χ2v) is 4.43. The number of hydrogen-bond donors (Lipinski definition) is 0. The molecule has 0 N–H and O–H groups in total. The van der Waals surface area contributed by atoms with Crippen molar-refractivity contribution < 1.29 is 14.3 Å². The van der Waals surface area contributed by atoms with E-state index < -0.39 is 0 Å². The molecule has 0 spiro atoms. The van der Waals surface area contributed by atoms with Crippen LogP contribution >= 0.6 is 0 Å². The van der Waals surface area contributed by atoms with Crippen molar-refractivity contribution in [1.82, 2.24) is 0 Å².